The third kappa shape index (κ3) is 6.25. The Morgan fingerprint density at radius 1 is 1.18 bits per heavy atom. The molecule has 5 rings (SSSR count). The van der Waals surface area contributed by atoms with Crippen molar-refractivity contribution in [2.24, 2.45) is 5.92 Å². The number of alkyl halides is 2. The molecule has 2 atom stereocenters. The highest BCUT2D eigenvalue weighted by Gasteiger charge is 2.35. The van der Waals surface area contributed by atoms with Gasteiger partial charge in [0.25, 0.3) is 6.43 Å². The third-order valence-corrected chi connectivity index (χ3v) is 9.26. The highest BCUT2D eigenvalue weighted by molar-refractivity contribution is 7.18. The van der Waals surface area contributed by atoms with E-state index in [4.69, 9.17) is 10.7 Å². The average molecular weight is 571 g/mol. The lowest BCUT2D eigenvalue weighted by Crippen LogP contribution is -2.46. The first-order valence-electron chi connectivity index (χ1n) is 14.0. The van der Waals surface area contributed by atoms with Crippen molar-refractivity contribution in [2.75, 3.05) is 37.2 Å². The van der Waals surface area contributed by atoms with E-state index in [9.17, 15) is 18.4 Å². The number of hydrogen-bond donors (Lipinski definition) is 2. The predicted octanol–water partition coefficient (Wildman–Crippen LogP) is 5.22. The number of fused-ring (bicyclic) bond motifs is 1. The van der Waals surface area contributed by atoms with Gasteiger partial charge in [0.05, 0.1) is 39.7 Å². The number of nitrogens with zero attached hydrogens (tertiary/aromatic N) is 4. The number of pyridine rings is 1. The molecule has 40 heavy (non-hydrogen) atoms. The summed E-state index contributed by atoms with van der Waals surface area (Å²) in [4.78, 5) is 39.0. The van der Waals surface area contributed by atoms with Crippen LogP contribution in [0.15, 0.2) is 30.5 Å². The Balaban J connectivity index is 1.31. The molecular formula is C29H36F2N6O2S. The number of nitrogen functional groups attached to an aromatic ring is 1. The largest absolute Gasteiger partial charge is 0.383 e. The zero-order valence-electron chi connectivity index (χ0n) is 22.9. The average Bonchev–Trinajstić information content (AvgIpc) is 3.37. The Bertz CT molecular complexity index is 1370. The van der Waals surface area contributed by atoms with Crippen LogP contribution in [0.5, 0.6) is 0 Å². The first-order chi connectivity index (χ1) is 19.2. The summed E-state index contributed by atoms with van der Waals surface area (Å²) < 4.78 is 26.6. The molecule has 0 unspecified atom stereocenters. The summed E-state index contributed by atoms with van der Waals surface area (Å²) in [5, 5.41) is 3.75. The Hall–Kier alpha value is -3.18. The number of nitrogens with one attached hydrogen (secondary N) is 1. The van der Waals surface area contributed by atoms with E-state index in [1.807, 2.05) is 30.0 Å². The number of halogens is 2. The number of nitrogens with two attached hydrogens (primary N) is 1. The molecule has 3 aromatic rings. The van der Waals surface area contributed by atoms with Gasteiger partial charge in [-0.1, -0.05) is 19.9 Å². The lowest BCUT2D eigenvalue weighted by Gasteiger charge is -2.38. The monoisotopic (exact) mass is 570 g/mol. The summed E-state index contributed by atoms with van der Waals surface area (Å²) in [5.74, 6) is -0.301. The summed E-state index contributed by atoms with van der Waals surface area (Å²) >= 11 is 1.65. The first-order valence-corrected chi connectivity index (χ1v) is 14.8. The van der Waals surface area contributed by atoms with E-state index in [0.29, 0.717) is 37.6 Å². The Labute approximate surface area is 237 Å². The molecule has 0 aliphatic carbocycles. The van der Waals surface area contributed by atoms with Gasteiger partial charge in [-0.2, -0.15) is 0 Å². The fourth-order valence-electron chi connectivity index (χ4n) is 5.81. The van der Waals surface area contributed by atoms with Crippen LogP contribution in [0.4, 0.5) is 20.3 Å². The van der Waals surface area contributed by atoms with Crippen molar-refractivity contribution < 1.29 is 18.4 Å². The van der Waals surface area contributed by atoms with Crippen LogP contribution in [0.3, 0.4) is 0 Å². The molecule has 0 bridgehead atoms. The van der Waals surface area contributed by atoms with Crippen LogP contribution in [-0.4, -0.2) is 64.2 Å². The minimum atomic E-state index is -2.30. The summed E-state index contributed by atoms with van der Waals surface area (Å²) in [6, 6.07) is 7.64. The predicted molar refractivity (Wildman–Crippen MR) is 154 cm³/mol. The Morgan fingerprint density at radius 2 is 1.95 bits per heavy atom. The van der Waals surface area contributed by atoms with Crippen LogP contribution >= 0.6 is 11.3 Å². The van der Waals surface area contributed by atoms with Crippen LogP contribution < -0.4 is 11.1 Å². The van der Waals surface area contributed by atoms with Gasteiger partial charge in [0.2, 0.25) is 0 Å². The van der Waals surface area contributed by atoms with E-state index in [1.165, 1.54) is 6.20 Å². The molecule has 2 fully saturated rings. The van der Waals surface area contributed by atoms with E-state index in [0.717, 1.165) is 52.0 Å². The minimum Gasteiger partial charge on any atom is -0.383 e. The standard InChI is InChI=1S/C29H36F2N6O2S/c1-3-18-12-21(14-33-26(18)32)34-27(38)29(39)37-15-17(2)4-6-23(37)20-5-7-24-22(13-20)35-28(40-24)19-8-10-36(11-9-19)16-25(30)31/h5,7,12-14,17,19,23,25H,3-4,6,8-11,15-16H2,1-2H3,(H2,32,33)(H,34,38)/t17-,23+/m0/s1. The van der Waals surface area contributed by atoms with E-state index < -0.39 is 18.2 Å². The van der Waals surface area contributed by atoms with Crippen LogP contribution in [0.25, 0.3) is 10.2 Å². The quantitative estimate of drug-likeness (QED) is 0.394. The van der Waals surface area contributed by atoms with Crippen molar-refractivity contribution in [1.29, 1.82) is 0 Å². The molecule has 2 amide bonds. The van der Waals surface area contributed by atoms with Gasteiger partial charge >= 0.3 is 11.8 Å². The number of thiazole rings is 1. The van der Waals surface area contributed by atoms with E-state index in [1.54, 1.807) is 22.3 Å². The summed E-state index contributed by atoms with van der Waals surface area (Å²) in [5.41, 5.74) is 8.98. The molecule has 8 nitrogen and oxygen atoms in total. The van der Waals surface area contributed by atoms with Gasteiger partial charge < -0.3 is 16.0 Å². The fourth-order valence-corrected chi connectivity index (χ4v) is 6.93. The summed E-state index contributed by atoms with van der Waals surface area (Å²) in [6.45, 7) is 5.68. The second-order valence-electron chi connectivity index (χ2n) is 11.0. The molecule has 0 saturated carbocycles. The van der Waals surface area contributed by atoms with Gasteiger partial charge in [0.1, 0.15) is 5.82 Å². The van der Waals surface area contributed by atoms with Crippen molar-refractivity contribution in [3.05, 3.63) is 46.6 Å². The number of benzene rings is 1. The normalized spacial score (nSPS) is 20.8. The number of piperidine rings is 2. The van der Waals surface area contributed by atoms with Crippen molar-refractivity contribution in [2.45, 2.75) is 64.3 Å². The van der Waals surface area contributed by atoms with Crippen molar-refractivity contribution >= 4 is 44.9 Å². The zero-order valence-corrected chi connectivity index (χ0v) is 23.7. The van der Waals surface area contributed by atoms with E-state index in [2.05, 4.69) is 17.2 Å². The molecule has 3 N–H and O–H groups in total. The maximum atomic E-state index is 13.4. The van der Waals surface area contributed by atoms with E-state index >= 15 is 0 Å². The molecule has 2 aliphatic heterocycles. The van der Waals surface area contributed by atoms with Gasteiger partial charge in [-0.15, -0.1) is 11.3 Å². The molecule has 0 radical (unpaired) electrons. The first kappa shape index (κ1) is 28.4. The van der Waals surface area contributed by atoms with Gasteiger partial charge in [-0.25, -0.2) is 18.7 Å². The Kier molecular flexibility index (Phi) is 8.60. The smallest absolute Gasteiger partial charge is 0.313 e. The molecular weight excluding hydrogens is 534 g/mol. The summed E-state index contributed by atoms with van der Waals surface area (Å²) in [7, 11) is 0. The molecule has 2 saturated heterocycles. The van der Waals surface area contributed by atoms with E-state index in [-0.39, 0.29) is 24.4 Å². The van der Waals surface area contributed by atoms with Crippen LogP contribution in [0, 0.1) is 5.92 Å². The second-order valence-corrected chi connectivity index (χ2v) is 12.0. The maximum Gasteiger partial charge on any atom is 0.313 e. The minimum absolute atomic E-state index is 0.167. The fraction of sp³-hybridized carbons (Fsp3) is 0.517. The van der Waals surface area contributed by atoms with Crippen molar-refractivity contribution in [3.63, 3.8) is 0 Å². The number of rotatable bonds is 6. The Morgan fingerprint density at radius 3 is 2.67 bits per heavy atom. The van der Waals surface area contributed by atoms with Crippen molar-refractivity contribution in [1.82, 2.24) is 19.8 Å². The van der Waals surface area contributed by atoms with Crippen LogP contribution in [0.2, 0.25) is 0 Å². The number of hydrogen-bond acceptors (Lipinski definition) is 7. The highest BCUT2D eigenvalue weighted by Crippen LogP contribution is 2.38. The van der Waals surface area contributed by atoms with Gasteiger partial charge in [0, 0.05) is 12.5 Å². The molecule has 214 valence electrons. The number of aryl methyl sites for hydroxylation is 1. The topological polar surface area (TPSA) is 104 Å². The summed E-state index contributed by atoms with van der Waals surface area (Å²) in [6.07, 6.45) is 3.18. The van der Waals surface area contributed by atoms with Gasteiger partial charge in [-0.3, -0.25) is 14.5 Å². The number of carbonyl (C=O) groups excluding carboxylic acids is 2. The molecule has 4 heterocycles. The highest BCUT2D eigenvalue weighted by atomic mass is 32.1. The number of likely N-dealkylation sites (tertiary alicyclic amines) is 2. The van der Waals surface area contributed by atoms with Crippen molar-refractivity contribution in [3.8, 4) is 0 Å². The van der Waals surface area contributed by atoms with Crippen LogP contribution in [-0.2, 0) is 16.0 Å². The number of carbonyl (C=O) groups is 2. The number of amides is 2. The third-order valence-electron chi connectivity index (χ3n) is 8.06. The molecule has 11 heteroatoms. The number of aromatic nitrogens is 2. The zero-order chi connectivity index (χ0) is 28.4. The molecule has 2 aliphatic rings. The van der Waals surface area contributed by atoms with Crippen LogP contribution in [0.1, 0.15) is 67.6 Å². The van der Waals surface area contributed by atoms with Gasteiger partial charge in [-0.05, 0) is 80.4 Å². The number of anilines is 2. The molecule has 1 aromatic carbocycles. The lowest BCUT2D eigenvalue weighted by atomic mass is 9.89. The second kappa shape index (κ2) is 12.1. The molecule has 0 spiro atoms. The maximum absolute atomic E-state index is 13.4. The SMILES string of the molecule is CCc1cc(NC(=O)C(=O)N2C[C@@H](C)CC[C@@H]2c2ccc3sc(C4CCN(CC(F)F)CC4)nc3c2)cnc1N. The van der Waals surface area contributed by atoms with Gasteiger partial charge in [0.15, 0.2) is 0 Å². The lowest BCUT2D eigenvalue weighted by molar-refractivity contribution is -0.146. The molecule has 2 aromatic heterocycles.